The number of nitriles is 1. The van der Waals surface area contributed by atoms with Crippen LogP contribution in [0.3, 0.4) is 0 Å². The third kappa shape index (κ3) is 8.45. The minimum Gasteiger partial charge on any atom is -0.381 e. The minimum atomic E-state index is -0.674. The fourth-order valence-corrected chi connectivity index (χ4v) is 2.41. The molecular formula is C19H27N3O6. The Kier molecular flexibility index (Phi) is 11.5. The van der Waals surface area contributed by atoms with E-state index < -0.39 is 17.9 Å². The maximum atomic E-state index is 12.5. The molecule has 0 radical (unpaired) electrons. The molecule has 1 rings (SSSR count). The largest absolute Gasteiger partial charge is 0.381 e. The third-order valence-corrected chi connectivity index (χ3v) is 3.87. The van der Waals surface area contributed by atoms with Gasteiger partial charge in [0.15, 0.2) is 0 Å². The van der Waals surface area contributed by atoms with Gasteiger partial charge in [0.2, 0.25) is 5.91 Å². The Balaban J connectivity index is 2.81. The number of nitrogens with one attached hydrogen (secondary N) is 2. The normalized spacial score (nSPS) is 12.6. The van der Waals surface area contributed by atoms with Crippen molar-refractivity contribution in [3.8, 4) is 6.07 Å². The lowest BCUT2D eigenvalue weighted by Crippen LogP contribution is -2.43. The number of rotatable bonds is 13. The first kappa shape index (κ1) is 23.5. The summed E-state index contributed by atoms with van der Waals surface area (Å²) in [6.45, 7) is 4.80. The molecule has 9 heteroatoms. The van der Waals surface area contributed by atoms with E-state index in [2.05, 4.69) is 5.32 Å². The van der Waals surface area contributed by atoms with Gasteiger partial charge in [-0.2, -0.15) is 5.26 Å². The monoisotopic (exact) mass is 393 g/mol. The van der Waals surface area contributed by atoms with Gasteiger partial charge in [0.25, 0.3) is 5.91 Å². The summed E-state index contributed by atoms with van der Waals surface area (Å²) in [4.78, 5) is 24.4. The highest BCUT2D eigenvalue weighted by Crippen LogP contribution is 2.11. The summed E-state index contributed by atoms with van der Waals surface area (Å²) in [6.07, 6.45) is 0.195. The summed E-state index contributed by atoms with van der Waals surface area (Å²) in [5.74, 6) is -1.64. The summed E-state index contributed by atoms with van der Waals surface area (Å²) < 4.78 is 15.8. The van der Waals surface area contributed by atoms with Crippen LogP contribution >= 0.6 is 0 Å². The lowest BCUT2D eigenvalue weighted by Gasteiger charge is -2.23. The van der Waals surface area contributed by atoms with Crippen molar-refractivity contribution in [2.45, 2.75) is 26.3 Å². The van der Waals surface area contributed by atoms with Gasteiger partial charge in [0.1, 0.15) is 6.79 Å². The van der Waals surface area contributed by atoms with Gasteiger partial charge >= 0.3 is 0 Å². The molecule has 0 aliphatic carbocycles. The molecule has 0 saturated heterocycles. The van der Waals surface area contributed by atoms with Gasteiger partial charge in [-0.3, -0.25) is 14.8 Å². The topological polar surface area (TPSA) is 130 Å². The van der Waals surface area contributed by atoms with Crippen LogP contribution in [0.1, 0.15) is 36.2 Å². The fourth-order valence-electron chi connectivity index (χ4n) is 2.41. The maximum absolute atomic E-state index is 12.5. The molecule has 0 saturated carbocycles. The van der Waals surface area contributed by atoms with E-state index in [4.69, 9.17) is 24.7 Å². The van der Waals surface area contributed by atoms with Crippen molar-refractivity contribution in [3.05, 3.63) is 35.4 Å². The van der Waals surface area contributed by atoms with Crippen molar-refractivity contribution < 1.29 is 29.0 Å². The Bertz CT molecular complexity index is 644. The van der Waals surface area contributed by atoms with Crippen LogP contribution in [0, 0.1) is 17.2 Å². The van der Waals surface area contributed by atoms with Gasteiger partial charge in [-0.15, -0.1) is 0 Å². The Hall–Kier alpha value is -2.51. The molecule has 1 aromatic carbocycles. The fraction of sp³-hybridized carbons (Fsp3) is 0.526. The van der Waals surface area contributed by atoms with E-state index in [0.717, 1.165) is 0 Å². The molecule has 2 atom stereocenters. The lowest BCUT2D eigenvalue weighted by molar-refractivity contribution is -0.136. The molecule has 28 heavy (non-hydrogen) atoms. The van der Waals surface area contributed by atoms with Gasteiger partial charge in [-0.05, 0) is 44.5 Å². The van der Waals surface area contributed by atoms with Gasteiger partial charge in [-0.25, -0.2) is 5.48 Å². The van der Waals surface area contributed by atoms with Gasteiger partial charge in [-0.1, -0.05) is 0 Å². The van der Waals surface area contributed by atoms with E-state index in [0.29, 0.717) is 24.3 Å². The second-order valence-corrected chi connectivity index (χ2v) is 5.91. The molecule has 9 nitrogen and oxygen atoms in total. The number of carbonyl (C=O) groups excluding carboxylic acids is 2. The highest BCUT2D eigenvalue weighted by atomic mass is 16.7. The average Bonchev–Trinajstić information content (AvgIpc) is 2.73. The molecule has 3 N–H and O–H groups in total. The number of hydrogen-bond donors (Lipinski definition) is 3. The number of ether oxygens (including phenoxy) is 3. The average molecular weight is 393 g/mol. The standard InChI is InChI=1S/C19H27N3O6/c1-3-26-11-16(19(24)22-25)9-17(12-28-13-27-4-2)21-18(23)15-7-5-14(10-20)6-8-15/h5-8,16-17,25H,3-4,9,11-13H2,1-2H3,(H,21,23)(H,22,24)/t16-,17+/m1/s1. The lowest BCUT2D eigenvalue weighted by atomic mass is 9.99. The van der Waals surface area contributed by atoms with Crippen molar-refractivity contribution >= 4 is 11.8 Å². The van der Waals surface area contributed by atoms with Crippen molar-refractivity contribution in [2.75, 3.05) is 33.2 Å². The van der Waals surface area contributed by atoms with Crippen molar-refractivity contribution in [1.29, 1.82) is 5.26 Å². The first-order valence-corrected chi connectivity index (χ1v) is 9.03. The number of amides is 2. The highest BCUT2D eigenvalue weighted by Gasteiger charge is 2.25. The molecule has 0 spiro atoms. The summed E-state index contributed by atoms with van der Waals surface area (Å²) >= 11 is 0. The maximum Gasteiger partial charge on any atom is 0.251 e. The Morgan fingerprint density at radius 1 is 1.11 bits per heavy atom. The zero-order valence-corrected chi connectivity index (χ0v) is 16.1. The van der Waals surface area contributed by atoms with Crippen LogP contribution in [0.2, 0.25) is 0 Å². The van der Waals surface area contributed by atoms with Crippen LogP contribution in [-0.2, 0) is 19.0 Å². The number of benzene rings is 1. The molecule has 154 valence electrons. The first-order valence-electron chi connectivity index (χ1n) is 9.03. The quantitative estimate of drug-likeness (QED) is 0.199. The molecule has 1 aromatic rings. The van der Waals surface area contributed by atoms with Crippen LogP contribution in [0.15, 0.2) is 24.3 Å². The van der Waals surface area contributed by atoms with E-state index >= 15 is 0 Å². The predicted molar refractivity (Wildman–Crippen MR) is 99.4 cm³/mol. The molecule has 0 fully saturated rings. The smallest absolute Gasteiger partial charge is 0.251 e. The number of hydroxylamine groups is 1. The third-order valence-electron chi connectivity index (χ3n) is 3.87. The highest BCUT2D eigenvalue weighted by molar-refractivity contribution is 5.94. The van der Waals surface area contributed by atoms with Gasteiger partial charge in [0, 0.05) is 18.8 Å². The Morgan fingerprint density at radius 3 is 2.36 bits per heavy atom. The van der Waals surface area contributed by atoms with Crippen molar-refractivity contribution in [3.63, 3.8) is 0 Å². The number of nitrogens with zero attached hydrogens (tertiary/aromatic N) is 1. The number of carbonyl (C=O) groups is 2. The summed E-state index contributed by atoms with van der Waals surface area (Å²) in [5.41, 5.74) is 2.45. The molecule has 0 aromatic heterocycles. The van der Waals surface area contributed by atoms with E-state index in [9.17, 15) is 9.59 Å². The molecule has 0 aliphatic rings. The van der Waals surface area contributed by atoms with Crippen LogP contribution < -0.4 is 10.8 Å². The van der Waals surface area contributed by atoms with E-state index in [1.165, 1.54) is 0 Å². The Labute approximate surface area is 164 Å². The first-order chi connectivity index (χ1) is 13.5. The second-order valence-electron chi connectivity index (χ2n) is 5.91. The minimum absolute atomic E-state index is 0.0576. The van der Waals surface area contributed by atoms with Crippen LogP contribution in [0.25, 0.3) is 0 Å². The zero-order valence-electron chi connectivity index (χ0n) is 16.1. The molecular weight excluding hydrogens is 366 g/mol. The summed E-state index contributed by atoms with van der Waals surface area (Å²) in [6, 6.07) is 7.66. The second kappa shape index (κ2) is 13.6. The van der Waals surface area contributed by atoms with Gasteiger partial charge in [0.05, 0.1) is 36.8 Å². The van der Waals surface area contributed by atoms with Crippen LogP contribution in [-0.4, -0.2) is 56.3 Å². The molecule has 0 heterocycles. The molecule has 0 bridgehead atoms. The summed E-state index contributed by atoms with van der Waals surface area (Å²) in [7, 11) is 0. The zero-order chi connectivity index (χ0) is 20.8. The van der Waals surface area contributed by atoms with E-state index in [1.54, 1.807) is 36.7 Å². The molecule has 0 aliphatic heterocycles. The van der Waals surface area contributed by atoms with E-state index in [1.807, 2.05) is 13.0 Å². The molecule has 2 amide bonds. The summed E-state index contributed by atoms with van der Waals surface area (Å²) in [5, 5.41) is 20.6. The predicted octanol–water partition coefficient (Wildman–Crippen LogP) is 1.22. The Morgan fingerprint density at radius 2 is 1.79 bits per heavy atom. The van der Waals surface area contributed by atoms with Crippen molar-refractivity contribution in [1.82, 2.24) is 10.8 Å². The number of hydrogen-bond acceptors (Lipinski definition) is 7. The van der Waals surface area contributed by atoms with E-state index in [-0.39, 0.29) is 32.3 Å². The van der Waals surface area contributed by atoms with Gasteiger partial charge < -0.3 is 19.5 Å². The molecule has 0 unspecified atom stereocenters. The van der Waals surface area contributed by atoms with Crippen molar-refractivity contribution in [2.24, 2.45) is 5.92 Å². The SMILES string of the molecule is CCOCOC[C@H](C[C@H](COCC)C(=O)NO)NC(=O)c1ccc(C#N)cc1. The van der Waals surface area contributed by atoms with Crippen LogP contribution in [0.5, 0.6) is 0 Å². The van der Waals surface area contributed by atoms with Crippen LogP contribution in [0.4, 0.5) is 0 Å².